The first-order valence-corrected chi connectivity index (χ1v) is 13.4. The second kappa shape index (κ2) is 12.2. The van der Waals surface area contributed by atoms with Crippen LogP contribution in [0.25, 0.3) is 5.82 Å². The number of anilines is 1. The lowest BCUT2D eigenvalue weighted by atomic mass is 10.0. The number of amides is 1. The number of nitrogens with one attached hydrogen (secondary N) is 1. The van der Waals surface area contributed by atoms with Gasteiger partial charge in [0.1, 0.15) is 5.75 Å². The van der Waals surface area contributed by atoms with Gasteiger partial charge in [-0.1, -0.05) is 45.8 Å². The van der Waals surface area contributed by atoms with Crippen LogP contribution >= 0.6 is 15.9 Å². The molecule has 2 aromatic heterocycles. The molecule has 206 valence electrons. The van der Waals surface area contributed by atoms with Crippen LogP contribution in [0.4, 0.5) is 5.82 Å². The quantitative estimate of drug-likeness (QED) is 0.131. The molecule has 13 nitrogen and oxygen atoms in total. The number of hydrazone groups is 1. The van der Waals surface area contributed by atoms with Crippen LogP contribution in [0.15, 0.2) is 62.7 Å². The summed E-state index contributed by atoms with van der Waals surface area (Å²) in [5.41, 5.74) is 9.79. The molecule has 3 heterocycles. The molecule has 1 fully saturated rings. The van der Waals surface area contributed by atoms with Gasteiger partial charge in [0.2, 0.25) is 11.6 Å². The molecule has 0 unspecified atom stereocenters. The highest BCUT2D eigenvalue weighted by Crippen LogP contribution is 2.24. The minimum atomic E-state index is -0.588. The van der Waals surface area contributed by atoms with Crippen LogP contribution in [0.3, 0.4) is 0 Å². The van der Waals surface area contributed by atoms with E-state index in [1.165, 1.54) is 10.9 Å². The first-order chi connectivity index (χ1) is 19.4. The van der Waals surface area contributed by atoms with Crippen molar-refractivity contribution >= 4 is 39.8 Å². The van der Waals surface area contributed by atoms with Gasteiger partial charge >= 0.3 is 5.97 Å². The summed E-state index contributed by atoms with van der Waals surface area (Å²) in [7, 11) is 0. The second-order valence-electron chi connectivity index (χ2n) is 9.22. The maximum Gasteiger partial charge on any atom is 0.343 e. The largest absolute Gasteiger partial charge is 0.422 e. The van der Waals surface area contributed by atoms with E-state index < -0.39 is 11.9 Å². The van der Waals surface area contributed by atoms with E-state index in [2.05, 4.69) is 58.9 Å². The van der Waals surface area contributed by atoms with Crippen LogP contribution in [-0.4, -0.2) is 60.9 Å². The number of halogens is 1. The number of piperidine rings is 1. The molecule has 1 saturated heterocycles. The van der Waals surface area contributed by atoms with Crippen molar-refractivity contribution in [1.29, 1.82) is 0 Å². The summed E-state index contributed by atoms with van der Waals surface area (Å²) in [5.74, 6) is -0.662. The van der Waals surface area contributed by atoms with Gasteiger partial charge in [0.15, 0.2) is 5.69 Å². The highest BCUT2D eigenvalue weighted by molar-refractivity contribution is 9.10. The van der Waals surface area contributed by atoms with Crippen LogP contribution in [0.1, 0.15) is 58.3 Å². The normalized spacial score (nSPS) is 15.8. The van der Waals surface area contributed by atoms with Gasteiger partial charge < -0.3 is 10.5 Å². The van der Waals surface area contributed by atoms with Crippen LogP contribution in [-0.2, 0) is 6.54 Å². The van der Waals surface area contributed by atoms with E-state index in [-0.39, 0.29) is 23.1 Å². The van der Waals surface area contributed by atoms with Crippen molar-refractivity contribution < 1.29 is 19.0 Å². The number of hydrogen-bond acceptors (Lipinski definition) is 11. The zero-order valence-electron chi connectivity index (χ0n) is 21.5. The van der Waals surface area contributed by atoms with E-state index in [4.69, 9.17) is 15.1 Å². The maximum atomic E-state index is 13.2. The summed E-state index contributed by atoms with van der Waals surface area (Å²) in [4.78, 5) is 28.0. The Morgan fingerprint density at radius 2 is 2.05 bits per heavy atom. The summed E-state index contributed by atoms with van der Waals surface area (Å²) >= 11 is 3.41. The number of nitrogen functional groups attached to an aromatic ring is 1. The Morgan fingerprint density at radius 1 is 1.23 bits per heavy atom. The molecule has 0 aliphatic carbocycles. The number of rotatable bonds is 8. The van der Waals surface area contributed by atoms with Crippen molar-refractivity contribution in [3.05, 3.63) is 75.5 Å². The monoisotopic (exact) mass is 607 g/mol. The number of aromatic nitrogens is 5. The molecule has 0 bridgehead atoms. The number of carbonyl (C=O) groups excluding carboxylic acids is 2. The second-order valence-corrected chi connectivity index (χ2v) is 10.1. The van der Waals surface area contributed by atoms with Crippen LogP contribution < -0.4 is 15.9 Å². The SMILES string of the molecule is C[C@H]1CCCCN1Cc1c(C(=O)N/N=C/c2cc(Br)ccc2OC(=O)c2ccccc2)nnn1-c1nonc1N. The average molecular weight is 608 g/mol. The van der Waals surface area contributed by atoms with Gasteiger partial charge in [-0.25, -0.2) is 14.8 Å². The van der Waals surface area contributed by atoms with Crippen molar-refractivity contribution in [2.24, 2.45) is 5.10 Å². The molecule has 2 aromatic carbocycles. The lowest BCUT2D eigenvalue weighted by molar-refractivity contribution is 0.0734. The van der Waals surface area contributed by atoms with Gasteiger partial charge in [-0.3, -0.25) is 9.69 Å². The molecule has 0 spiro atoms. The molecule has 4 aromatic rings. The molecule has 1 amide bonds. The summed E-state index contributed by atoms with van der Waals surface area (Å²) < 4.78 is 12.4. The highest BCUT2D eigenvalue weighted by atomic mass is 79.9. The van der Waals surface area contributed by atoms with Crippen molar-refractivity contribution in [3.63, 3.8) is 0 Å². The number of hydrogen-bond donors (Lipinski definition) is 2. The number of carbonyl (C=O) groups is 2. The average Bonchev–Trinajstić information content (AvgIpc) is 3.57. The predicted molar refractivity (Wildman–Crippen MR) is 148 cm³/mol. The first kappa shape index (κ1) is 27.1. The minimum Gasteiger partial charge on any atom is -0.422 e. The number of nitrogens with zero attached hydrogens (tertiary/aromatic N) is 7. The zero-order chi connectivity index (χ0) is 28.1. The number of likely N-dealkylation sites (tertiary alicyclic amines) is 1. The smallest absolute Gasteiger partial charge is 0.343 e. The van der Waals surface area contributed by atoms with Gasteiger partial charge in [0.25, 0.3) is 5.91 Å². The van der Waals surface area contributed by atoms with E-state index >= 15 is 0 Å². The van der Waals surface area contributed by atoms with Gasteiger partial charge in [0.05, 0.1) is 17.5 Å². The molecule has 1 aliphatic rings. The van der Waals surface area contributed by atoms with E-state index in [1.807, 2.05) is 6.07 Å². The van der Waals surface area contributed by atoms with Gasteiger partial charge in [0, 0.05) is 22.6 Å². The fraction of sp³-hybridized carbons (Fsp3) is 0.269. The summed E-state index contributed by atoms with van der Waals surface area (Å²) in [5, 5.41) is 19.7. The summed E-state index contributed by atoms with van der Waals surface area (Å²) in [6.45, 7) is 3.40. The zero-order valence-corrected chi connectivity index (χ0v) is 23.1. The molecule has 5 rings (SSSR count). The van der Waals surface area contributed by atoms with Crippen molar-refractivity contribution in [2.75, 3.05) is 12.3 Å². The van der Waals surface area contributed by atoms with E-state index in [1.54, 1.807) is 42.5 Å². The van der Waals surface area contributed by atoms with Gasteiger partial charge in [-0.15, -0.1) is 5.10 Å². The van der Waals surface area contributed by atoms with E-state index in [0.717, 1.165) is 30.3 Å². The number of nitrogens with two attached hydrogens (primary N) is 1. The van der Waals surface area contributed by atoms with Crippen molar-refractivity contribution in [1.82, 2.24) is 35.6 Å². The van der Waals surface area contributed by atoms with Crippen molar-refractivity contribution in [3.8, 4) is 11.6 Å². The Bertz CT molecular complexity index is 1540. The molecule has 0 radical (unpaired) electrons. The van der Waals surface area contributed by atoms with Crippen LogP contribution in [0.2, 0.25) is 0 Å². The van der Waals surface area contributed by atoms with Crippen LogP contribution in [0.5, 0.6) is 5.75 Å². The third-order valence-corrected chi connectivity index (χ3v) is 7.01. The Morgan fingerprint density at radius 3 is 2.80 bits per heavy atom. The fourth-order valence-electron chi connectivity index (χ4n) is 4.37. The molecule has 1 atom stereocenters. The maximum absolute atomic E-state index is 13.2. The predicted octanol–water partition coefficient (Wildman–Crippen LogP) is 3.35. The number of benzene rings is 2. The third kappa shape index (κ3) is 6.07. The molecular formula is C26H26BrN9O4. The Kier molecular flexibility index (Phi) is 8.26. The van der Waals surface area contributed by atoms with Crippen molar-refractivity contribution in [2.45, 2.75) is 38.8 Å². The topological polar surface area (TPSA) is 167 Å². The summed E-state index contributed by atoms with van der Waals surface area (Å²) in [6.07, 6.45) is 4.63. The van der Waals surface area contributed by atoms with Gasteiger partial charge in [-0.05, 0) is 67.0 Å². The third-order valence-electron chi connectivity index (χ3n) is 6.52. The molecule has 1 aliphatic heterocycles. The molecule has 14 heteroatoms. The lowest BCUT2D eigenvalue weighted by Crippen LogP contribution is -2.38. The molecule has 0 saturated carbocycles. The van der Waals surface area contributed by atoms with Gasteiger partial charge in [-0.2, -0.15) is 9.78 Å². The fourth-order valence-corrected chi connectivity index (χ4v) is 4.75. The summed E-state index contributed by atoms with van der Waals surface area (Å²) in [6, 6.07) is 14.0. The highest BCUT2D eigenvalue weighted by Gasteiger charge is 2.28. The standard InChI is InChI=1S/C26H26BrN9O4/c1-16-7-5-6-12-35(16)15-20-22(30-34-36(20)24-23(28)32-40-33-24)25(37)31-29-14-18-13-19(27)10-11-21(18)39-26(38)17-8-3-2-4-9-17/h2-4,8-11,13-14,16H,5-7,12,15H2,1H3,(H2,28,32)(H,31,37)/b29-14+/t16-/m0/s1. The minimum absolute atomic E-state index is 0.0232. The Labute approximate surface area is 237 Å². The van der Waals surface area contributed by atoms with E-state index in [0.29, 0.717) is 29.4 Å². The van der Waals surface area contributed by atoms with E-state index in [9.17, 15) is 9.59 Å². The molecule has 40 heavy (non-hydrogen) atoms. The first-order valence-electron chi connectivity index (χ1n) is 12.6. The number of esters is 1. The molecule has 3 N–H and O–H groups in total. The number of ether oxygens (including phenoxy) is 1. The molecular weight excluding hydrogens is 582 g/mol. The van der Waals surface area contributed by atoms with Crippen LogP contribution in [0, 0.1) is 0 Å². The Balaban J connectivity index is 1.36. The lowest BCUT2D eigenvalue weighted by Gasteiger charge is -2.33. The Hall–Kier alpha value is -4.43.